The van der Waals surface area contributed by atoms with E-state index in [4.69, 9.17) is 0 Å². The van der Waals surface area contributed by atoms with Gasteiger partial charge in [0, 0.05) is 33.4 Å². The molecule has 2 aromatic heterocycles. The lowest BCUT2D eigenvalue weighted by Gasteiger charge is -2.18. The second-order valence-electron chi connectivity index (χ2n) is 5.76. The summed E-state index contributed by atoms with van der Waals surface area (Å²) in [5.74, 6) is 1.22. The zero-order chi connectivity index (χ0) is 15.1. The summed E-state index contributed by atoms with van der Waals surface area (Å²) in [6, 6.07) is 14.2. The Bertz CT molecular complexity index is 832. The number of Topliss-reactive ketones (excluding diaryl/α,β-unsaturated/α-hetero) is 1. The number of H-pyrrole nitrogens is 1. The lowest BCUT2D eigenvalue weighted by molar-refractivity contribution is 0.0960. The molecule has 3 aromatic rings. The first-order chi connectivity index (χ1) is 10.7. The minimum Gasteiger partial charge on any atom is -0.341 e. The first kappa shape index (κ1) is 13.5. The molecule has 0 bridgehead atoms. The summed E-state index contributed by atoms with van der Waals surface area (Å²) < 4.78 is 0. The number of hydrogen-bond donors (Lipinski definition) is 1. The summed E-state index contributed by atoms with van der Waals surface area (Å²) in [5, 5.41) is 0. The summed E-state index contributed by atoms with van der Waals surface area (Å²) in [6.45, 7) is 2.11. The predicted octanol–water partition coefficient (Wildman–Crippen LogP) is 4.36. The molecule has 1 N–H and O–H groups in total. The Hall–Kier alpha value is -2.20. The van der Waals surface area contributed by atoms with Crippen LogP contribution in [0.2, 0.25) is 0 Å². The standard InChI is InChI=1S/C18H16N2OS/c1-11-7-8-16(22-11)13-9-14-17(15(21)10-13)20-18(19-14)12-5-3-2-4-6-12/h2-8,13H,9-10H2,1H3,(H,19,20). The number of nitrogens with zero attached hydrogens (tertiary/aromatic N) is 1. The normalized spacial score (nSPS) is 17.5. The number of ketones is 1. The Kier molecular flexibility index (Phi) is 3.19. The predicted molar refractivity (Wildman–Crippen MR) is 88.5 cm³/mol. The lowest BCUT2D eigenvalue weighted by Crippen LogP contribution is -2.18. The fourth-order valence-electron chi connectivity index (χ4n) is 3.03. The zero-order valence-electron chi connectivity index (χ0n) is 12.3. The van der Waals surface area contributed by atoms with E-state index in [1.807, 2.05) is 30.3 Å². The van der Waals surface area contributed by atoms with Gasteiger partial charge in [-0.1, -0.05) is 30.3 Å². The molecule has 0 aliphatic heterocycles. The molecule has 1 unspecified atom stereocenters. The van der Waals surface area contributed by atoms with Gasteiger partial charge in [-0.3, -0.25) is 4.79 Å². The minimum atomic E-state index is 0.149. The molecule has 1 aliphatic carbocycles. The zero-order valence-corrected chi connectivity index (χ0v) is 13.1. The van der Waals surface area contributed by atoms with Crippen LogP contribution in [0.25, 0.3) is 11.4 Å². The maximum absolute atomic E-state index is 12.4. The van der Waals surface area contributed by atoms with Gasteiger partial charge in [0.05, 0.1) is 0 Å². The fourth-order valence-corrected chi connectivity index (χ4v) is 4.01. The van der Waals surface area contributed by atoms with E-state index >= 15 is 0 Å². The molecular weight excluding hydrogens is 292 g/mol. The van der Waals surface area contributed by atoms with E-state index in [9.17, 15) is 4.79 Å². The molecule has 110 valence electrons. The molecule has 0 radical (unpaired) electrons. The molecule has 0 spiro atoms. The lowest BCUT2D eigenvalue weighted by atomic mass is 9.88. The number of carbonyl (C=O) groups is 1. The van der Waals surface area contributed by atoms with Gasteiger partial charge in [0.25, 0.3) is 0 Å². The van der Waals surface area contributed by atoms with Crippen LogP contribution in [0, 0.1) is 6.92 Å². The Morgan fingerprint density at radius 2 is 1.95 bits per heavy atom. The highest BCUT2D eigenvalue weighted by molar-refractivity contribution is 7.12. The largest absolute Gasteiger partial charge is 0.341 e. The number of rotatable bonds is 2. The topological polar surface area (TPSA) is 45.8 Å². The van der Waals surface area contributed by atoms with Gasteiger partial charge in [-0.2, -0.15) is 0 Å². The van der Waals surface area contributed by atoms with E-state index in [-0.39, 0.29) is 11.7 Å². The van der Waals surface area contributed by atoms with Gasteiger partial charge in [-0.25, -0.2) is 4.98 Å². The van der Waals surface area contributed by atoms with Crippen molar-refractivity contribution in [2.45, 2.75) is 25.7 Å². The van der Waals surface area contributed by atoms with Crippen LogP contribution in [0.5, 0.6) is 0 Å². The average molecular weight is 308 g/mol. The first-order valence-corrected chi connectivity index (χ1v) is 8.26. The quantitative estimate of drug-likeness (QED) is 0.764. The summed E-state index contributed by atoms with van der Waals surface area (Å²) in [5.41, 5.74) is 2.63. The summed E-state index contributed by atoms with van der Waals surface area (Å²) >= 11 is 1.79. The Morgan fingerprint density at radius 1 is 1.14 bits per heavy atom. The van der Waals surface area contributed by atoms with Crippen molar-refractivity contribution in [1.29, 1.82) is 0 Å². The molecule has 0 amide bonds. The van der Waals surface area contributed by atoms with Crippen molar-refractivity contribution >= 4 is 17.1 Å². The maximum Gasteiger partial charge on any atom is 0.183 e. The van der Waals surface area contributed by atoms with Crippen LogP contribution in [-0.2, 0) is 6.42 Å². The van der Waals surface area contributed by atoms with E-state index in [0.717, 1.165) is 23.5 Å². The molecule has 0 saturated heterocycles. The SMILES string of the molecule is Cc1ccc(C2CC(=O)c3nc(-c4ccccc4)[nH]c3C2)s1. The van der Waals surface area contributed by atoms with Gasteiger partial charge < -0.3 is 4.98 Å². The van der Waals surface area contributed by atoms with E-state index in [1.54, 1.807) is 11.3 Å². The van der Waals surface area contributed by atoms with Gasteiger partial charge in [-0.05, 0) is 25.5 Å². The molecule has 3 nitrogen and oxygen atoms in total. The number of hydrogen-bond acceptors (Lipinski definition) is 3. The Morgan fingerprint density at radius 3 is 2.68 bits per heavy atom. The molecule has 0 saturated carbocycles. The van der Waals surface area contributed by atoms with Gasteiger partial charge in [-0.15, -0.1) is 11.3 Å². The smallest absolute Gasteiger partial charge is 0.183 e. The molecule has 22 heavy (non-hydrogen) atoms. The molecule has 1 aliphatic rings. The number of aryl methyl sites for hydroxylation is 1. The number of thiophene rings is 1. The molecule has 4 rings (SSSR count). The third kappa shape index (κ3) is 2.29. The molecule has 2 heterocycles. The molecular formula is C18H16N2OS. The van der Waals surface area contributed by atoms with Gasteiger partial charge in [0.2, 0.25) is 0 Å². The third-order valence-electron chi connectivity index (χ3n) is 4.14. The summed E-state index contributed by atoms with van der Waals surface area (Å²) in [6.07, 6.45) is 1.42. The van der Waals surface area contributed by atoms with Crippen molar-refractivity contribution in [1.82, 2.24) is 9.97 Å². The number of aromatic nitrogens is 2. The van der Waals surface area contributed by atoms with Gasteiger partial charge in [0.1, 0.15) is 11.5 Å². The average Bonchev–Trinajstić information content (AvgIpc) is 3.14. The van der Waals surface area contributed by atoms with Crippen molar-refractivity contribution in [3.8, 4) is 11.4 Å². The van der Waals surface area contributed by atoms with Crippen molar-refractivity contribution in [2.24, 2.45) is 0 Å². The second kappa shape index (κ2) is 5.21. The maximum atomic E-state index is 12.4. The highest BCUT2D eigenvalue weighted by Gasteiger charge is 2.30. The molecule has 1 atom stereocenters. The number of imidazole rings is 1. The van der Waals surface area contributed by atoms with Crippen LogP contribution in [0.4, 0.5) is 0 Å². The molecule has 1 aromatic carbocycles. The van der Waals surface area contributed by atoms with Crippen molar-refractivity contribution in [2.75, 3.05) is 0 Å². The monoisotopic (exact) mass is 308 g/mol. The van der Waals surface area contributed by atoms with Crippen LogP contribution in [-0.4, -0.2) is 15.8 Å². The van der Waals surface area contributed by atoms with Crippen LogP contribution in [0.15, 0.2) is 42.5 Å². The van der Waals surface area contributed by atoms with Crippen molar-refractivity contribution in [3.05, 3.63) is 63.6 Å². The van der Waals surface area contributed by atoms with Crippen molar-refractivity contribution < 1.29 is 4.79 Å². The Labute approximate surface area is 133 Å². The minimum absolute atomic E-state index is 0.149. The van der Waals surface area contributed by atoms with Gasteiger partial charge in [0.15, 0.2) is 5.78 Å². The van der Waals surface area contributed by atoms with Crippen LogP contribution >= 0.6 is 11.3 Å². The van der Waals surface area contributed by atoms with Crippen LogP contribution in [0.1, 0.15) is 38.3 Å². The van der Waals surface area contributed by atoms with E-state index in [0.29, 0.717) is 12.1 Å². The first-order valence-electron chi connectivity index (χ1n) is 7.44. The molecule has 4 heteroatoms. The number of benzene rings is 1. The van der Waals surface area contributed by atoms with Crippen LogP contribution < -0.4 is 0 Å². The Balaban J connectivity index is 1.69. The highest BCUT2D eigenvalue weighted by Crippen LogP contribution is 2.36. The third-order valence-corrected chi connectivity index (χ3v) is 5.30. The van der Waals surface area contributed by atoms with E-state index in [1.165, 1.54) is 9.75 Å². The fraction of sp³-hybridized carbons (Fsp3) is 0.222. The van der Waals surface area contributed by atoms with Gasteiger partial charge >= 0.3 is 0 Å². The molecule has 0 fully saturated rings. The highest BCUT2D eigenvalue weighted by atomic mass is 32.1. The van der Waals surface area contributed by atoms with E-state index < -0.39 is 0 Å². The summed E-state index contributed by atoms with van der Waals surface area (Å²) in [4.78, 5) is 22.9. The number of aromatic amines is 1. The number of carbonyl (C=O) groups excluding carboxylic acids is 1. The summed E-state index contributed by atoms with van der Waals surface area (Å²) in [7, 11) is 0. The van der Waals surface area contributed by atoms with E-state index in [2.05, 4.69) is 29.0 Å². The van der Waals surface area contributed by atoms with Crippen molar-refractivity contribution in [3.63, 3.8) is 0 Å². The second-order valence-corrected chi connectivity index (χ2v) is 7.07. The van der Waals surface area contributed by atoms with Crippen LogP contribution in [0.3, 0.4) is 0 Å². The number of nitrogens with one attached hydrogen (secondary N) is 1. The number of fused-ring (bicyclic) bond motifs is 1.